The van der Waals surface area contributed by atoms with Gasteiger partial charge in [-0.2, -0.15) is 0 Å². The highest BCUT2D eigenvalue weighted by molar-refractivity contribution is 6.24. The molecule has 6 N–H and O–H groups in total. The topological polar surface area (TPSA) is 208 Å². The molecule has 0 spiro atoms. The van der Waals surface area contributed by atoms with Gasteiger partial charge in [0.05, 0.1) is 25.3 Å². The van der Waals surface area contributed by atoms with E-state index in [0.29, 0.717) is 0 Å². The average Bonchev–Trinajstić information content (AvgIpc) is 2.89. The van der Waals surface area contributed by atoms with Gasteiger partial charge in [0.1, 0.15) is 22.8 Å². The third kappa shape index (κ3) is 4.37. The number of nitrogens with two attached hydrogens (primary N) is 1. The number of aliphatic hydroxyl groups is 3. The van der Waals surface area contributed by atoms with Crippen molar-refractivity contribution in [3.05, 3.63) is 58.4 Å². The SMILES string of the molecule is C=CCN(CC(=O)c1ccc(O)c2c1C[C@H]1C[C@H]3[C@H](N(C)C)C(=O)C(C(N)=O)=C(O)[C@@]3(O)C(=O)C1=C2O)C(=O)OC. The minimum absolute atomic E-state index is 0.00956. The second-order valence-corrected chi connectivity index (χ2v) is 10.5. The Hall–Kier alpha value is -4.49. The van der Waals surface area contributed by atoms with E-state index >= 15 is 0 Å². The lowest BCUT2D eigenvalue weighted by Crippen LogP contribution is -2.65. The quantitative estimate of drug-likeness (QED) is 0.172. The van der Waals surface area contributed by atoms with Crippen molar-refractivity contribution in [3.63, 3.8) is 0 Å². The van der Waals surface area contributed by atoms with Crippen LogP contribution in [0.15, 0.2) is 41.7 Å². The molecule has 3 aliphatic rings. The number of ether oxygens (including phenoxy) is 1. The fourth-order valence-electron chi connectivity index (χ4n) is 6.25. The fourth-order valence-corrected chi connectivity index (χ4v) is 6.25. The van der Waals surface area contributed by atoms with Crippen LogP contribution < -0.4 is 5.73 Å². The highest BCUT2D eigenvalue weighted by atomic mass is 16.5. The van der Waals surface area contributed by atoms with E-state index in [2.05, 4.69) is 6.58 Å². The number of likely N-dealkylation sites (N-methyl/N-ethyl adjacent to an activating group) is 1. The number of primary amides is 1. The molecule has 1 fully saturated rings. The summed E-state index contributed by atoms with van der Waals surface area (Å²) in [5, 5.41) is 44.5. The Morgan fingerprint density at radius 2 is 1.85 bits per heavy atom. The molecule has 4 atom stereocenters. The maximum atomic E-state index is 13.9. The third-order valence-corrected chi connectivity index (χ3v) is 8.02. The van der Waals surface area contributed by atoms with Crippen molar-refractivity contribution >= 4 is 35.1 Å². The molecule has 13 nitrogen and oxygen atoms in total. The first-order valence-corrected chi connectivity index (χ1v) is 12.7. The molecule has 3 aliphatic carbocycles. The summed E-state index contributed by atoms with van der Waals surface area (Å²) in [5.74, 6) is -8.36. The molecule has 0 aromatic heterocycles. The molecule has 1 aromatic rings. The van der Waals surface area contributed by atoms with Crippen molar-refractivity contribution in [1.29, 1.82) is 0 Å². The number of rotatable bonds is 7. The van der Waals surface area contributed by atoms with Crippen LogP contribution in [0.4, 0.5) is 4.79 Å². The number of aromatic hydroxyl groups is 1. The molecule has 1 saturated carbocycles. The van der Waals surface area contributed by atoms with Gasteiger partial charge in [0.2, 0.25) is 5.78 Å². The summed E-state index contributed by atoms with van der Waals surface area (Å²) < 4.78 is 4.72. The van der Waals surface area contributed by atoms with E-state index in [1.54, 1.807) is 0 Å². The second-order valence-electron chi connectivity index (χ2n) is 10.5. The maximum absolute atomic E-state index is 13.9. The molecule has 0 radical (unpaired) electrons. The molecule has 13 heteroatoms. The number of hydrogen-bond acceptors (Lipinski definition) is 11. The number of Topliss-reactive ketones (excluding diaryl/α,β-unsaturated/α-hetero) is 3. The van der Waals surface area contributed by atoms with E-state index in [9.17, 15) is 44.4 Å². The number of ketones is 3. The highest BCUT2D eigenvalue weighted by Crippen LogP contribution is 2.53. The van der Waals surface area contributed by atoms with E-state index < -0.39 is 82.2 Å². The van der Waals surface area contributed by atoms with Crippen LogP contribution in [0.5, 0.6) is 5.75 Å². The fraction of sp³-hybridized carbons (Fsp3) is 0.393. The Labute approximate surface area is 234 Å². The van der Waals surface area contributed by atoms with Gasteiger partial charge in [-0.15, -0.1) is 6.58 Å². The molecule has 4 rings (SSSR count). The van der Waals surface area contributed by atoms with Crippen LogP contribution in [0.25, 0.3) is 5.76 Å². The van der Waals surface area contributed by atoms with Crippen molar-refractivity contribution in [1.82, 2.24) is 9.80 Å². The number of fused-ring (bicyclic) bond motifs is 3. The molecular weight excluding hydrogens is 538 g/mol. The minimum atomic E-state index is -2.76. The van der Waals surface area contributed by atoms with Crippen LogP contribution in [0.3, 0.4) is 0 Å². The lowest BCUT2D eigenvalue weighted by atomic mass is 9.57. The summed E-state index contributed by atoms with van der Waals surface area (Å²) in [6.07, 6.45) is 0.448. The Morgan fingerprint density at radius 1 is 1.20 bits per heavy atom. The number of benzene rings is 1. The van der Waals surface area contributed by atoms with Crippen LogP contribution in [0, 0.1) is 11.8 Å². The van der Waals surface area contributed by atoms with Gasteiger partial charge in [0, 0.05) is 23.6 Å². The molecule has 41 heavy (non-hydrogen) atoms. The summed E-state index contributed by atoms with van der Waals surface area (Å²) in [6, 6.07) is 1.25. The number of aliphatic hydroxyl groups excluding tert-OH is 2. The molecule has 0 heterocycles. The molecule has 218 valence electrons. The van der Waals surface area contributed by atoms with E-state index in [4.69, 9.17) is 10.5 Å². The maximum Gasteiger partial charge on any atom is 0.410 e. The van der Waals surface area contributed by atoms with Crippen LogP contribution in [0.2, 0.25) is 0 Å². The Morgan fingerprint density at radius 3 is 2.41 bits per heavy atom. The number of phenols is 1. The molecule has 0 saturated heterocycles. The molecule has 0 aliphatic heterocycles. The molecule has 0 unspecified atom stereocenters. The Balaban J connectivity index is 1.87. The number of phenolic OH excluding ortho intramolecular Hbond substituents is 1. The van der Waals surface area contributed by atoms with Gasteiger partial charge in [-0.05, 0) is 50.6 Å². The summed E-state index contributed by atoms with van der Waals surface area (Å²) in [7, 11) is 4.16. The molecule has 1 aromatic carbocycles. The van der Waals surface area contributed by atoms with Crippen LogP contribution in [-0.4, -0.2) is 106 Å². The number of carbonyl (C=O) groups is 5. The minimum Gasteiger partial charge on any atom is -0.508 e. The number of amides is 2. The summed E-state index contributed by atoms with van der Waals surface area (Å²) in [6.45, 7) is 3.16. The zero-order valence-corrected chi connectivity index (χ0v) is 22.7. The largest absolute Gasteiger partial charge is 0.508 e. The summed E-state index contributed by atoms with van der Waals surface area (Å²) >= 11 is 0. The number of carbonyl (C=O) groups excluding carboxylic acids is 5. The zero-order chi connectivity index (χ0) is 30.5. The van der Waals surface area contributed by atoms with Gasteiger partial charge >= 0.3 is 6.09 Å². The zero-order valence-electron chi connectivity index (χ0n) is 22.7. The third-order valence-electron chi connectivity index (χ3n) is 8.02. The van der Waals surface area contributed by atoms with Gasteiger partial charge in [0.15, 0.2) is 17.2 Å². The van der Waals surface area contributed by atoms with Gasteiger partial charge in [-0.3, -0.25) is 29.0 Å². The first-order valence-electron chi connectivity index (χ1n) is 12.7. The second kappa shape index (κ2) is 10.5. The van der Waals surface area contributed by atoms with E-state index in [-0.39, 0.29) is 41.6 Å². The summed E-state index contributed by atoms with van der Waals surface area (Å²) in [5.41, 5.74) is 1.36. The van der Waals surface area contributed by atoms with Crippen LogP contribution in [0.1, 0.15) is 27.9 Å². The van der Waals surface area contributed by atoms with Crippen molar-refractivity contribution in [3.8, 4) is 5.75 Å². The Kier molecular flexibility index (Phi) is 7.54. The monoisotopic (exact) mass is 569 g/mol. The van der Waals surface area contributed by atoms with Gasteiger partial charge < -0.3 is 30.9 Å². The summed E-state index contributed by atoms with van der Waals surface area (Å²) in [4.78, 5) is 67.2. The predicted octanol–water partition coefficient (Wildman–Crippen LogP) is 0.401. The molecule has 0 bridgehead atoms. The van der Waals surface area contributed by atoms with Crippen LogP contribution in [-0.2, 0) is 25.5 Å². The molecular formula is C28H31N3O10. The lowest BCUT2D eigenvalue weighted by Gasteiger charge is -2.50. The standard InChI is InChI=1S/C28H31N3O10/c1-5-8-31(27(39)41-4)11-17(33)13-6-7-16(32)19-14(13)9-12-10-15-21(30(2)3)23(35)20(26(29)38)25(37)28(15,40)24(36)18(12)22(19)34/h5-7,12,15,21,32,34,37,40H,1,8-11H2,2-4H3,(H2,29,38)/t12-,15-,21-,28-/m0/s1. The Bertz CT molecular complexity index is 1460. The van der Waals surface area contributed by atoms with Crippen molar-refractivity contribution in [2.45, 2.75) is 24.5 Å². The normalized spacial score (nSPS) is 25.3. The van der Waals surface area contributed by atoms with Gasteiger partial charge in [-0.25, -0.2) is 4.79 Å². The van der Waals surface area contributed by atoms with E-state index in [0.717, 1.165) is 18.1 Å². The molecule has 2 amide bonds. The van der Waals surface area contributed by atoms with Gasteiger partial charge in [-0.1, -0.05) is 6.08 Å². The van der Waals surface area contributed by atoms with Crippen LogP contribution >= 0.6 is 0 Å². The lowest BCUT2D eigenvalue weighted by molar-refractivity contribution is -0.153. The van der Waals surface area contributed by atoms with Crippen molar-refractivity contribution < 1.29 is 49.1 Å². The highest BCUT2D eigenvalue weighted by Gasteiger charge is 2.64. The first kappa shape index (κ1) is 29.5. The average molecular weight is 570 g/mol. The number of methoxy groups -OCH3 is 1. The number of hydrogen-bond donors (Lipinski definition) is 5. The first-order chi connectivity index (χ1) is 19.2. The van der Waals surface area contributed by atoms with E-state index in [1.165, 1.54) is 31.1 Å². The predicted molar refractivity (Wildman–Crippen MR) is 143 cm³/mol. The number of nitrogens with zero attached hydrogens (tertiary/aromatic N) is 2. The van der Waals surface area contributed by atoms with Crippen molar-refractivity contribution in [2.75, 3.05) is 34.3 Å². The van der Waals surface area contributed by atoms with Gasteiger partial charge in [0.25, 0.3) is 5.91 Å². The van der Waals surface area contributed by atoms with Crippen molar-refractivity contribution in [2.24, 2.45) is 17.6 Å². The smallest absolute Gasteiger partial charge is 0.410 e. The van der Waals surface area contributed by atoms with E-state index in [1.807, 2.05) is 0 Å².